The minimum atomic E-state index is 0.479. The molecule has 0 bridgehead atoms. The highest BCUT2D eigenvalue weighted by molar-refractivity contribution is 5.28. The van der Waals surface area contributed by atoms with Crippen LogP contribution in [0.1, 0.15) is 11.1 Å². The summed E-state index contributed by atoms with van der Waals surface area (Å²) in [5.74, 6) is 1.60. The molecule has 0 N–H and O–H groups in total. The van der Waals surface area contributed by atoms with Crippen LogP contribution in [0, 0.1) is 0 Å². The van der Waals surface area contributed by atoms with Crippen LogP contribution < -0.4 is 9.47 Å². The van der Waals surface area contributed by atoms with E-state index in [1.54, 1.807) is 12.2 Å². The van der Waals surface area contributed by atoms with E-state index in [-0.39, 0.29) is 0 Å². The van der Waals surface area contributed by atoms with Crippen molar-refractivity contribution in [3.05, 3.63) is 85.0 Å². The maximum atomic E-state index is 5.86. The second kappa shape index (κ2) is 25.0. The smallest absolute Gasteiger partial charge is 0.119 e. The third kappa shape index (κ3) is 19.1. The van der Waals surface area contributed by atoms with Crippen molar-refractivity contribution in [2.24, 2.45) is 0 Å². The van der Waals surface area contributed by atoms with E-state index < -0.39 is 0 Å². The molecule has 0 aliphatic carbocycles. The molecule has 0 aromatic heterocycles. The van der Waals surface area contributed by atoms with E-state index in [1.165, 1.54) is 0 Å². The summed E-state index contributed by atoms with van der Waals surface area (Å²) in [4.78, 5) is 0. The standard InChI is InChI=1S/C32H46O9/c1-3-13-33-15-17-35-19-21-37-23-25-40-31-9-5-29(6-10-31)27-39-28-30-7-11-32(12-8-30)41-26-24-38-22-20-36-18-16-34-14-4-2/h3-12H,1-2,13-28H2. The van der Waals surface area contributed by atoms with Crippen LogP contribution in [0.25, 0.3) is 0 Å². The van der Waals surface area contributed by atoms with Crippen molar-refractivity contribution < 1.29 is 42.6 Å². The van der Waals surface area contributed by atoms with Crippen molar-refractivity contribution in [1.29, 1.82) is 0 Å². The van der Waals surface area contributed by atoms with Gasteiger partial charge in [-0.3, -0.25) is 0 Å². The molecule has 0 aliphatic rings. The van der Waals surface area contributed by atoms with Crippen LogP contribution in [-0.2, 0) is 46.4 Å². The van der Waals surface area contributed by atoms with E-state index in [1.807, 2.05) is 48.5 Å². The molecule has 0 atom stereocenters. The summed E-state index contributed by atoms with van der Waals surface area (Å²) in [6, 6.07) is 15.8. The van der Waals surface area contributed by atoms with E-state index in [2.05, 4.69) is 13.2 Å². The highest BCUT2D eigenvalue weighted by Crippen LogP contribution is 2.15. The van der Waals surface area contributed by atoms with Crippen LogP contribution in [0.15, 0.2) is 73.8 Å². The van der Waals surface area contributed by atoms with E-state index in [0.717, 1.165) is 22.6 Å². The highest BCUT2D eigenvalue weighted by atomic mass is 16.6. The minimum Gasteiger partial charge on any atom is -0.491 e. The molecular formula is C32H46O9. The van der Waals surface area contributed by atoms with Gasteiger partial charge in [-0.15, -0.1) is 13.2 Å². The molecule has 0 saturated heterocycles. The molecule has 2 aromatic carbocycles. The number of hydrogen-bond acceptors (Lipinski definition) is 9. The van der Waals surface area contributed by atoms with Gasteiger partial charge in [0, 0.05) is 0 Å². The van der Waals surface area contributed by atoms with Gasteiger partial charge in [-0.05, 0) is 35.4 Å². The van der Waals surface area contributed by atoms with E-state index >= 15 is 0 Å². The summed E-state index contributed by atoms with van der Waals surface area (Å²) >= 11 is 0. The molecule has 2 aromatic rings. The molecule has 0 fully saturated rings. The van der Waals surface area contributed by atoms with Gasteiger partial charge in [-0.25, -0.2) is 0 Å². The molecule has 41 heavy (non-hydrogen) atoms. The van der Waals surface area contributed by atoms with Gasteiger partial charge in [0.05, 0.1) is 92.5 Å². The lowest BCUT2D eigenvalue weighted by Crippen LogP contribution is -2.12. The third-order valence-corrected chi connectivity index (χ3v) is 5.34. The quantitative estimate of drug-likeness (QED) is 0.107. The van der Waals surface area contributed by atoms with E-state index in [4.69, 9.17) is 42.6 Å². The van der Waals surface area contributed by atoms with Crippen molar-refractivity contribution in [3.63, 3.8) is 0 Å². The predicted octanol–water partition coefficient (Wildman–Crippen LogP) is 4.63. The van der Waals surface area contributed by atoms with Gasteiger partial charge in [-0.2, -0.15) is 0 Å². The summed E-state index contributed by atoms with van der Waals surface area (Å²) in [6.07, 6.45) is 3.43. The van der Waals surface area contributed by atoms with E-state index in [9.17, 15) is 0 Å². The Morgan fingerprint density at radius 3 is 1.05 bits per heavy atom. The first-order chi connectivity index (χ1) is 20.3. The molecule has 0 saturated carbocycles. The largest absolute Gasteiger partial charge is 0.491 e. The molecule has 9 nitrogen and oxygen atoms in total. The lowest BCUT2D eigenvalue weighted by atomic mass is 10.2. The Hall–Kier alpha value is -2.76. The first kappa shape index (κ1) is 34.4. The average molecular weight is 575 g/mol. The average Bonchev–Trinajstić information content (AvgIpc) is 3.00. The zero-order valence-electron chi connectivity index (χ0n) is 24.2. The molecule has 9 heteroatoms. The SMILES string of the molecule is C=CCOCCOCCOCCOc1ccc(COCc2ccc(OCCOCCOCCOCC=C)cc2)cc1. The topological polar surface area (TPSA) is 83.1 Å². The second-order valence-electron chi connectivity index (χ2n) is 8.65. The third-order valence-electron chi connectivity index (χ3n) is 5.34. The van der Waals surface area contributed by atoms with Gasteiger partial charge in [0.1, 0.15) is 24.7 Å². The summed E-state index contributed by atoms with van der Waals surface area (Å²) in [6.45, 7) is 15.6. The minimum absolute atomic E-state index is 0.479. The van der Waals surface area contributed by atoms with Crippen LogP contribution in [0.2, 0.25) is 0 Å². The first-order valence-electron chi connectivity index (χ1n) is 14.0. The molecule has 0 unspecified atom stereocenters. The molecule has 0 radical (unpaired) electrons. The second-order valence-corrected chi connectivity index (χ2v) is 8.65. The number of hydrogen-bond donors (Lipinski definition) is 0. The van der Waals surface area contributed by atoms with Gasteiger partial charge in [0.15, 0.2) is 0 Å². The lowest BCUT2D eigenvalue weighted by Gasteiger charge is -2.10. The van der Waals surface area contributed by atoms with Crippen LogP contribution in [-0.4, -0.2) is 92.5 Å². The molecule has 0 amide bonds. The summed E-state index contributed by atoms with van der Waals surface area (Å²) < 4.78 is 49.6. The van der Waals surface area contributed by atoms with Gasteiger partial charge in [0.2, 0.25) is 0 Å². The zero-order chi connectivity index (χ0) is 29.1. The highest BCUT2D eigenvalue weighted by Gasteiger charge is 2.00. The number of benzene rings is 2. The van der Waals surface area contributed by atoms with Gasteiger partial charge in [0.25, 0.3) is 0 Å². The molecule has 0 heterocycles. The normalized spacial score (nSPS) is 10.9. The Balaban J connectivity index is 1.44. The van der Waals surface area contributed by atoms with Crippen LogP contribution in [0.5, 0.6) is 11.5 Å². The van der Waals surface area contributed by atoms with Crippen molar-refractivity contribution in [2.45, 2.75) is 13.2 Å². The molecule has 228 valence electrons. The van der Waals surface area contributed by atoms with Crippen LogP contribution in [0.3, 0.4) is 0 Å². The maximum absolute atomic E-state index is 5.86. The molecule has 0 spiro atoms. The van der Waals surface area contributed by atoms with E-state index in [0.29, 0.717) is 106 Å². The summed E-state index contributed by atoms with van der Waals surface area (Å²) in [7, 11) is 0. The van der Waals surface area contributed by atoms with Crippen molar-refractivity contribution >= 4 is 0 Å². The molecule has 2 rings (SSSR count). The molecular weight excluding hydrogens is 528 g/mol. The fourth-order valence-corrected chi connectivity index (χ4v) is 3.30. The fraction of sp³-hybridized carbons (Fsp3) is 0.500. The van der Waals surface area contributed by atoms with Crippen molar-refractivity contribution in [1.82, 2.24) is 0 Å². The van der Waals surface area contributed by atoms with Crippen molar-refractivity contribution in [3.8, 4) is 11.5 Å². The van der Waals surface area contributed by atoms with Gasteiger partial charge >= 0.3 is 0 Å². The van der Waals surface area contributed by atoms with Crippen LogP contribution >= 0.6 is 0 Å². The Labute approximate surface area is 244 Å². The maximum Gasteiger partial charge on any atom is 0.119 e. The summed E-state index contributed by atoms with van der Waals surface area (Å²) in [5, 5.41) is 0. The number of rotatable bonds is 28. The first-order valence-corrected chi connectivity index (χ1v) is 14.0. The van der Waals surface area contributed by atoms with Gasteiger partial charge < -0.3 is 42.6 Å². The Kier molecular flexibility index (Phi) is 21.0. The molecule has 0 aliphatic heterocycles. The predicted molar refractivity (Wildman–Crippen MR) is 158 cm³/mol. The van der Waals surface area contributed by atoms with Crippen molar-refractivity contribution in [2.75, 3.05) is 92.5 Å². The fourth-order valence-electron chi connectivity index (χ4n) is 3.30. The monoisotopic (exact) mass is 574 g/mol. The van der Waals surface area contributed by atoms with Gasteiger partial charge in [-0.1, -0.05) is 36.4 Å². The Morgan fingerprint density at radius 1 is 0.390 bits per heavy atom. The summed E-state index contributed by atoms with van der Waals surface area (Å²) in [5.41, 5.74) is 2.16. The number of ether oxygens (including phenoxy) is 9. The zero-order valence-corrected chi connectivity index (χ0v) is 24.2. The lowest BCUT2D eigenvalue weighted by molar-refractivity contribution is 0.0135. The van der Waals surface area contributed by atoms with Crippen LogP contribution in [0.4, 0.5) is 0 Å². The Morgan fingerprint density at radius 2 is 0.707 bits per heavy atom. The Bertz CT molecular complexity index is 814.